The fourth-order valence-electron chi connectivity index (χ4n) is 2.90. The maximum absolute atomic E-state index is 13.7. The molecule has 0 saturated heterocycles. The van der Waals surface area contributed by atoms with Gasteiger partial charge in [0.2, 0.25) is 0 Å². The zero-order valence-corrected chi connectivity index (χ0v) is 17.5. The van der Waals surface area contributed by atoms with Crippen molar-refractivity contribution in [2.75, 3.05) is 0 Å². The van der Waals surface area contributed by atoms with E-state index in [0.717, 1.165) is 23.1 Å². The minimum atomic E-state index is -0.532. The Labute approximate surface area is 188 Å². The van der Waals surface area contributed by atoms with E-state index in [0.29, 0.717) is 12.3 Å². The molecule has 8 heteroatoms. The number of ether oxygens (including phenoxy) is 1. The van der Waals surface area contributed by atoms with Crippen molar-refractivity contribution in [2.45, 2.75) is 6.61 Å². The number of nitrogens with zero attached hydrogens (tertiary/aromatic N) is 2. The number of aromatic amines is 1. The van der Waals surface area contributed by atoms with Gasteiger partial charge in [0.15, 0.2) is 0 Å². The molecule has 0 unspecified atom stereocenters. The van der Waals surface area contributed by atoms with Crippen LogP contribution in [0.15, 0.2) is 84.0 Å². The summed E-state index contributed by atoms with van der Waals surface area (Å²) in [6.07, 6.45) is 1.15. The third kappa shape index (κ3) is 5.19. The van der Waals surface area contributed by atoms with Gasteiger partial charge in [-0.05, 0) is 48.0 Å². The molecule has 0 fully saturated rings. The monoisotopic (exact) mass is 448 g/mol. The first-order valence-electron chi connectivity index (χ1n) is 9.70. The lowest BCUT2D eigenvalue weighted by Crippen LogP contribution is -2.18. The summed E-state index contributed by atoms with van der Waals surface area (Å²) in [4.78, 5) is 12.3. The molecule has 0 aliphatic heterocycles. The highest BCUT2D eigenvalue weighted by Gasteiger charge is 2.11. The average molecular weight is 449 g/mol. The summed E-state index contributed by atoms with van der Waals surface area (Å²) in [5, 5.41) is 10.8. The van der Waals surface area contributed by atoms with Gasteiger partial charge < -0.3 is 4.74 Å². The number of carbonyl (C=O) groups excluding carboxylic acids is 1. The zero-order valence-electron chi connectivity index (χ0n) is 16.8. The van der Waals surface area contributed by atoms with Gasteiger partial charge in [0.25, 0.3) is 5.91 Å². The quantitative estimate of drug-likeness (QED) is 0.301. The summed E-state index contributed by atoms with van der Waals surface area (Å²) in [7, 11) is 0. The third-order valence-electron chi connectivity index (χ3n) is 4.58. The molecule has 0 aliphatic rings. The maximum Gasteiger partial charge on any atom is 0.289 e. The van der Waals surface area contributed by atoms with E-state index in [-0.39, 0.29) is 16.3 Å². The van der Waals surface area contributed by atoms with Crippen LogP contribution in [0.4, 0.5) is 4.39 Å². The molecule has 2 N–H and O–H groups in total. The second kappa shape index (κ2) is 9.89. The number of hydrazone groups is 1. The highest BCUT2D eigenvalue weighted by atomic mass is 35.5. The molecule has 1 amide bonds. The number of benzene rings is 3. The highest BCUT2D eigenvalue weighted by molar-refractivity contribution is 6.33. The number of nitrogens with one attached hydrogen (secondary N) is 2. The molecule has 0 aliphatic carbocycles. The van der Waals surface area contributed by atoms with Gasteiger partial charge in [0.05, 0.1) is 16.9 Å². The lowest BCUT2D eigenvalue weighted by atomic mass is 10.1. The van der Waals surface area contributed by atoms with E-state index in [9.17, 15) is 9.18 Å². The molecule has 160 valence electrons. The molecule has 0 atom stereocenters. The summed E-state index contributed by atoms with van der Waals surface area (Å²) >= 11 is 5.93. The highest BCUT2D eigenvalue weighted by Crippen LogP contribution is 2.22. The molecule has 0 spiro atoms. The molecule has 4 rings (SSSR count). The molecule has 1 heterocycles. The van der Waals surface area contributed by atoms with Gasteiger partial charge in [-0.25, -0.2) is 9.82 Å². The van der Waals surface area contributed by atoms with Crippen LogP contribution in [0, 0.1) is 5.82 Å². The molecule has 1 aromatic heterocycles. The smallest absolute Gasteiger partial charge is 0.289 e. The molecular weight excluding hydrogens is 431 g/mol. The minimum absolute atomic E-state index is 0.0920. The van der Waals surface area contributed by atoms with Crippen molar-refractivity contribution < 1.29 is 13.9 Å². The molecule has 32 heavy (non-hydrogen) atoms. The third-order valence-corrected chi connectivity index (χ3v) is 4.91. The van der Waals surface area contributed by atoms with Gasteiger partial charge in [-0.2, -0.15) is 10.2 Å². The Hall–Kier alpha value is -3.97. The number of aromatic nitrogens is 2. The summed E-state index contributed by atoms with van der Waals surface area (Å²) in [5.74, 6) is -0.321. The van der Waals surface area contributed by atoms with Crippen molar-refractivity contribution in [3.05, 3.63) is 107 Å². The van der Waals surface area contributed by atoms with Crippen molar-refractivity contribution >= 4 is 23.7 Å². The van der Waals surface area contributed by atoms with Gasteiger partial charge >= 0.3 is 0 Å². The predicted octanol–water partition coefficient (Wildman–Crippen LogP) is 5.21. The van der Waals surface area contributed by atoms with E-state index >= 15 is 0 Å². The SMILES string of the molecule is O=C(NN=Cc1c(F)cccc1Cl)c1cc(-c2ccc(OCc3ccccc3)cc2)n[nH]1. The Balaban J connectivity index is 1.36. The van der Waals surface area contributed by atoms with Crippen molar-refractivity contribution in [3.63, 3.8) is 0 Å². The molecule has 6 nitrogen and oxygen atoms in total. The van der Waals surface area contributed by atoms with E-state index < -0.39 is 11.7 Å². The number of rotatable bonds is 7. The van der Waals surface area contributed by atoms with E-state index in [4.69, 9.17) is 16.3 Å². The maximum atomic E-state index is 13.7. The van der Waals surface area contributed by atoms with Crippen LogP contribution in [0.25, 0.3) is 11.3 Å². The predicted molar refractivity (Wildman–Crippen MR) is 121 cm³/mol. The second-order valence-corrected chi connectivity index (χ2v) is 7.21. The van der Waals surface area contributed by atoms with Crippen LogP contribution in [-0.4, -0.2) is 22.3 Å². The van der Waals surface area contributed by atoms with Gasteiger partial charge in [-0.1, -0.05) is 48.0 Å². The van der Waals surface area contributed by atoms with Gasteiger partial charge in [0, 0.05) is 11.1 Å². The minimum Gasteiger partial charge on any atom is -0.489 e. The largest absolute Gasteiger partial charge is 0.489 e. The Morgan fingerprint density at radius 3 is 2.62 bits per heavy atom. The number of hydrogen-bond donors (Lipinski definition) is 2. The normalized spacial score (nSPS) is 10.9. The van der Waals surface area contributed by atoms with Crippen molar-refractivity contribution in [1.82, 2.24) is 15.6 Å². The van der Waals surface area contributed by atoms with Crippen molar-refractivity contribution in [2.24, 2.45) is 5.10 Å². The lowest BCUT2D eigenvalue weighted by molar-refractivity contribution is 0.0950. The summed E-state index contributed by atoms with van der Waals surface area (Å²) in [6.45, 7) is 0.478. The molecule has 4 aromatic rings. The molecule has 3 aromatic carbocycles. The number of H-pyrrole nitrogens is 1. The number of carbonyl (C=O) groups is 1. The van der Waals surface area contributed by atoms with Crippen LogP contribution in [0.3, 0.4) is 0 Å². The zero-order chi connectivity index (χ0) is 22.3. The Bertz CT molecular complexity index is 1220. The van der Waals surface area contributed by atoms with E-state index in [1.165, 1.54) is 18.2 Å². The number of halogens is 2. The first-order chi connectivity index (χ1) is 15.6. The first kappa shape index (κ1) is 21.3. The van der Waals surface area contributed by atoms with E-state index in [1.54, 1.807) is 6.07 Å². The van der Waals surface area contributed by atoms with Crippen LogP contribution in [-0.2, 0) is 6.61 Å². The van der Waals surface area contributed by atoms with Crippen molar-refractivity contribution in [3.8, 4) is 17.0 Å². The topological polar surface area (TPSA) is 79.4 Å². The first-order valence-corrected chi connectivity index (χ1v) is 10.1. The van der Waals surface area contributed by atoms with Crippen LogP contribution >= 0.6 is 11.6 Å². The van der Waals surface area contributed by atoms with Gasteiger partial charge in [0.1, 0.15) is 23.9 Å². The van der Waals surface area contributed by atoms with Crippen LogP contribution < -0.4 is 10.2 Å². The van der Waals surface area contributed by atoms with Gasteiger partial charge in [-0.3, -0.25) is 9.89 Å². The molecular formula is C24H18ClFN4O2. The fraction of sp³-hybridized carbons (Fsp3) is 0.0417. The fourth-order valence-corrected chi connectivity index (χ4v) is 3.11. The molecule has 0 saturated carbocycles. The average Bonchev–Trinajstić information content (AvgIpc) is 3.31. The standard InChI is InChI=1S/C24H18ClFN4O2/c25-20-7-4-8-21(26)19(20)14-27-30-24(31)23-13-22(28-29-23)17-9-11-18(12-10-17)32-15-16-5-2-1-3-6-16/h1-14H,15H2,(H,28,29)(H,30,31). The lowest BCUT2D eigenvalue weighted by Gasteiger charge is -2.06. The van der Waals surface area contributed by atoms with Crippen LogP contribution in [0.5, 0.6) is 5.75 Å². The Kier molecular flexibility index (Phi) is 6.57. The second-order valence-electron chi connectivity index (χ2n) is 6.80. The van der Waals surface area contributed by atoms with E-state index in [2.05, 4.69) is 20.7 Å². The van der Waals surface area contributed by atoms with Crippen LogP contribution in [0.2, 0.25) is 5.02 Å². The molecule has 0 bridgehead atoms. The number of amides is 1. The molecule has 0 radical (unpaired) electrons. The summed E-state index contributed by atoms with van der Waals surface area (Å²) in [5.41, 5.74) is 5.11. The van der Waals surface area contributed by atoms with Gasteiger partial charge in [-0.15, -0.1) is 0 Å². The summed E-state index contributed by atoms with van der Waals surface area (Å²) < 4.78 is 19.5. The summed E-state index contributed by atoms with van der Waals surface area (Å²) in [6, 6.07) is 23.2. The Morgan fingerprint density at radius 2 is 1.88 bits per heavy atom. The van der Waals surface area contributed by atoms with Crippen LogP contribution in [0.1, 0.15) is 21.6 Å². The Morgan fingerprint density at radius 1 is 1.09 bits per heavy atom. The van der Waals surface area contributed by atoms with E-state index in [1.807, 2.05) is 54.6 Å². The van der Waals surface area contributed by atoms with Crippen molar-refractivity contribution in [1.29, 1.82) is 0 Å². The number of hydrogen-bond acceptors (Lipinski definition) is 4.